The van der Waals surface area contributed by atoms with E-state index in [0.29, 0.717) is 19.1 Å². The van der Waals surface area contributed by atoms with E-state index in [0.717, 1.165) is 36.0 Å². The average molecular weight is 336 g/mol. The molecule has 0 bridgehead atoms. The molecule has 1 aliphatic rings. The second-order valence-corrected chi connectivity index (χ2v) is 7.30. The van der Waals surface area contributed by atoms with Crippen LogP contribution in [0.3, 0.4) is 0 Å². The summed E-state index contributed by atoms with van der Waals surface area (Å²) >= 11 is 0. The lowest BCUT2D eigenvalue weighted by atomic mass is 9.98. The number of likely N-dealkylation sites (tertiary alicyclic amines) is 1. The molecule has 1 saturated heterocycles. The maximum absolute atomic E-state index is 12.0. The number of piperidine rings is 1. The molecular weight excluding hydrogens is 304 g/mol. The van der Waals surface area contributed by atoms with E-state index in [1.54, 1.807) is 0 Å². The third-order valence-electron chi connectivity index (χ3n) is 5.15. The average Bonchev–Trinajstić information content (AvgIpc) is 2.89. The van der Waals surface area contributed by atoms with Gasteiger partial charge in [-0.15, -0.1) is 0 Å². The summed E-state index contributed by atoms with van der Waals surface area (Å²) in [4.78, 5) is 14.5. The lowest BCUT2D eigenvalue weighted by Crippen LogP contribution is -2.47. The monoisotopic (exact) mass is 336 g/mol. The first-order chi connectivity index (χ1) is 11.4. The molecular formula is C18H32N4O2. The lowest BCUT2D eigenvalue weighted by Gasteiger charge is -2.35. The fourth-order valence-electron chi connectivity index (χ4n) is 3.44. The molecule has 0 spiro atoms. The number of nitrogens with zero attached hydrogens (tertiary/aromatic N) is 2. The second kappa shape index (κ2) is 8.51. The molecule has 2 heterocycles. The summed E-state index contributed by atoms with van der Waals surface area (Å²) in [6, 6.07) is 0.272. The highest BCUT2D eigenvalue weighted by atomic mass is 16.5. The van der Waals surface area contributed by atoms with Crippen LogP contribution in [0.2, 0.25) is 0 Å². The Kier molecular flexibility index (Phi) is 6.66. The molecule has 0 radical (unpaired) electrons. The van der Waals surface area contributed by atoms with Crippen LogP contribution < -0.4 is 10.6 Å². The molecule has 0 saturated carbocycles. The Morgan fingerprint density at radius 2 is 1.88 bits per heavy atom. The molecule has 136 valence electrons. The van der Waals surface area contributed by atoms with Crippen molar-refractivity contribution in [2.75, 3.05) is 26.2 Å². The predicted octanol–water partition coefficient (Wildman–Crippen LogP) is 2.81. The topological polar surface area (TPSA) is 70.4 Å². The van der Waals surface area contributed by atoms with Crippen LogP contribution in [0.25, 0.3) is 0 Å². The Morgan fingerprint density at radius 3 is 2.46 bits per heavy atom. The smallest absolute Gasteiger partial charge is 0.314 e. The van der Waals surface area contributed by atoms with Gasteiger partial charge in [-0.25, -0.2) is 4.79 Å². The molecule has 2 N–H and O–H groups in total. The highest BCUT2D eigenvalue weighted by molar-refractivity contribution is 5.73. The minimum atomic E-state index is -0.106. The van der Waals surface area contributed by atoms with Crippen molar-refractivity contribution in [3.8, 4) is 0 Å². The molecule has 1 aromatic rings. The van der Waals surface area contributed by atoms with E-state index in [1.807, 2.05) is 13.8 Å². The number of rotatable bonds is 6. The third kappa shape index (κ3) is 4.97. The van der Waals surface area contributed by atoms with Crippen LogP contribution in [0.4, 0.5) is 4.79 Å². The van der Waals surface area contributed by atoms with E-state index in [4.69, 9.17) is 4.52 Å². The first-order valence-electron chi connectivity index (χ1n) is 9.07. The maximum atomic E-state index is 12.0. The van der Waals surface area contributed by atoms with E-state index in [2.05, 4.69) is 41.5 Å². The molecule has 1 aliphatic heterocycles. The number of hydrogen-bond acceptors (Lipinski definition) is 4. The molecule has 0 aliphatic carbocycles. The molecule has 0 unspecified atom stereocenters. The predicted molar refractivity (Wildman–Crippen MR) is 95.2 cm³/mol. The van der Waals surface area contributed by atoms with Gasteiger partial charge in [0.15, 0.2) is 0 Å². The van der Waals surface area contributed by atoms with E-state index < -0.39 is 0 Å². The number of carbonyl (C=O) groups is 1. The Hall–Kier alpha value is -1.56. The highest BCUT2D eigenvalue weighted by Crippen LogP contribution is 2.22. The lowest BCUT2D eigenvalue weighted by molar-refractivity contribution is 0.145. The highest BCUT2D eigenvalue weighted by Gasteiger charge is 2.21. The Bertz CT molecular complexity index is 516. The number of nitrogens with one attached hydrogen (secondary N) is 2. The Morgan fingerprint density at radius 1 is 1.25 bits per heavy atom. The van der Waals surface area contributed by atoms with E-state index >= 15 is 0 Å². The zero-order valence-electron chi connectivity index (χ0n) is 15.7. The van der Waals surface area contributed by atoms with Crippen molar-refractivity contribution in [1.82, 2.24) is 20.7 Å². The quantitative estimate of drug-likeness (QED) is 0.838. The van der Waals surface area contributed by atoms with Gasteiger partial charge in [0.25, 0.3) is 0 Å². The zero-order chi connectivity index (χ0) is 17.7. The Labute approximate surface area is 145 Å². The molecule has 24 heavy (non-hydrogen) atoms. The summed E-state index contributed by atoms with van der Waals surface area (Å²) in [5.41, 5.74) is 1.99. The van der Waals surface area contributed by atoms with Gasteiger partial charge in [0.05, 0.1) is 5.69 Å². The number of urea groups is 1. The van der Waals surface area contributed by atoms with Crippen molar-refractivity contribution >= 4 is 6.03 Å². The van der Waals surface area contributed by atoms with Crippen LogP contribution >= 0.6 is 0 Å². The first kappa shape index (κ1) is 18.8. The van der Waals surface area contributed by atoms with Crippen molar-refractivity contribution in [3.63, 3.8) is 0 Å². The summed E-state index contributed by atoms with van der Waals surface area (Å²) in [5.74, 6) is 1.84. The van der Waals surface area contributed by atoms with E-state index in [-0.39, 0.29) is 11.9 Å². The van der Waals surface area contributed by atoms with Crippen molar-refractivity contribution < 1.29 is 9.32 Å². The maximum Gasteiger partial charge on any atom is 0.314 e. The van der Waals surface area contributed by atoms with Crippen molar-refractivity contribution in [2.45, 2.75) is 59.4 Å². The molecule has 0 aromatic carbocycles. The van der Waals surface area contributed by atoms with Gasteiger partial charge in [0.2, 0.25) is 0 Å². The van der Waals surface area contributed by atoms with Gasteiger partial charge in [-0.05, 0) is 52.6 Å². The normalized spacial score (nSPS) is 19.0. The van der Waals surface area contributed by atoms with Crippen LogP contribution in [0.15, 0.2) is 4.52 Å². The van der Waals surface area contributed by atoms with Gasteiger partial charge in [-0.2, -0.15) is 0 Å². The minimum absolute atomic E-state index is 0.106. The number of hydrogen-bond donors (Lipinski definition) is 2. The number of aryl methyl sites for hydroxylation is 2. The minimum Gasteiger partial charge on any atom is -0.361 e. The summed E-state index contributed by atoms with van der Waals surface area (Å²) in [6.07, 6.45) is 2.51. The molecule has 2 atom stereocenters. The van der Waals surface area contributed by atoms with Gasteiger partial charge < -0.3 is 15.2 Å². The molecule has 2 rings (SSSR count). The summed E-state index contributed by atoms with van der Waals surface area (Å²) in [6.45, 7) is 13.9. The molecule has 6 heteroatoms. The number of amides is 2. The summed E-state index contributed by atoms with van der Waals surface area (Å²) in [5, 5.41) is 9.91. The number of aromatic nitrogens is 1. The largest absolute Gasteiger partial charge is 0.361 e. The van der Waals surface area contributed by atoms with E-state index in [1.165, 1.54) is 12.8 Å². The molecule has 6 nitrogen and oxygen atoms in total. The van der Waals surface area contributed by atoms with Gasteiger partial charge in [-0.3, -0.25) is 4.90 Å². The molecule has 1 aromatic heterocycles. The van der Waals surface area contributed by atoms with Gasteiger partial charge in [0.1, 0.15) is 5.76 Å². The SMILES string of the molecule is Cc1noc(C)c1[C@H](C)CNC(=O)NC[C@@H](C)N1CCC(C)CC1. The fourth-order valence-corrected chi connectivity index (χ4v) is 3.44. The summed E-state index contributed by atoms with van der Waals surface area (Å²) in [7, 11) is 0. The second-order valence-electron chi connectivity index (χ2n) is 7.30. The third-order valence-corrected chi connectivity index (χ3v) is 5.15. The van der Waals surface area contributed by atoms with Crippen LogP contribution in [0, 0.1) is 19.8 Å². The first-order valence-corrected chi connectivity index (χ1v) is 9.07. The van der Waals surface area contributed by atoms with Crippen molar-refractivity contribution in [2.24, 2.45) is 5.92 Å². The summed E-state index contributed by atoms with van der Waals surface area (Å²) < 4.78 is 5.19. The van der Waals surface area contributed by atoms with Gasteiger partial charge in [-0.1, -0.05) is 19.0 Å². The van der Waals surface area contributed by atoms with Crippen LogP contribution in [-0.4, -0.2) is 48.3 Å². The molecule has 1 fully saturated rings. The van der Waals surface area contributed by atoms with E-state index in [9.17, 15) is 4.79 Å². The Balaban J connectivity index is 1.70. The van der Waals surface area contributed by atoms with Crippen molar-refractivity contribution in [1.29, 1.82) is 0 Å². The van der Waals surface area contributed by atoms with Crippen LogP contribution in [0.1, 0.15) is 56.5 Å². The van der Waals surface area contributed by atoms with Crippen LogP contribution in [0.5, 0.6) is 0 Å². The van der Waals surface area contributed by atoms with Gasteiger partial charge >= 0.3 is 6.03 Å². The molecule has 2 amide bonds. The van der Waals surface area contributed by atoms with Gasteiger partial charge in [0, 0.05) is 30.6 Å². The van der Waals surface area contributed by atoms with Crippen molar-refractivity contribution in [3.05, 3.63) is 17.0 Å². The fraction of sp³-hybridized carbons (Fsp3) is 0.778. The standard InChI is InChI=1S/C18H32N4O2/c1-12-6-8-22(9-7-12)14(3)11-20-18(23)19-10-13(2)17-15(4)21-24-16(17)5/h12-14H,6-11H2,1-5H3,(H2,19,20,23)/t13-,14-/m1/s1. The van der Waals surface area contributed by atoms with Crippen LogP contribution in [-0.2, 0) is 0 Å². The number of carbonyl (C=O) groups excluding carboxylic acids is 1. The zero-order valence-corrected chi connectivity index (χ0v) is 15.7.